The van der Waals surface area contributed by atoms with Crippen molar-refractivity contribution in [3.63, 3.8) is 0 Å². The molecule has 1 aromatic heterocycles. The monoisotopic (exact) mass is 497 g/mol. The van der Waals surface area contributed by atoms with E-state index in [1.807, 2.05) is 30.6 Å². The Hall–Kier alpha value is -1.77. The predicted octanol–water partition coefficient (Wildman–Crippen LogP) is 4.12. The van der Waals surface area contributed by atoms with Gasteiger partial charge < -0.3 is 19.9 Å². The van der Waals surface area contributed by atoms with E-state index in [0.717, 1.165) is 30.5 Å². The molecule has 28 heavy (non-hydrogen) atoms. The molecule has 0 fully saturated rings. The number of aromatic nitrogens is 2. The fraction of sp³-hybridized carbons (Fsp3) is 0.524. The second-order valence-electron chi connectivity index (χ2n) is 8.12. The first-order valence-corrected chi connectivity index (χ1v) is 9.63. The number of imidazole rings is 1. The number of guanidine groups is 1. The van der Waals surface area contributed by atoms with E-state index in [2.05, 4.69) is 58.9 Å². The smallest absolute Gasteiger partial charge is 0.191 e. The Morgan fingerprint density at radius 2 is 2.11 bits per heavy atom. The van der Waals surface area contributed by atoms with Gasteiger partial charge in [0.2, 0.25) is 0 Å². The molecule has 0 aliphatic carbocycles. The third-order valence-electron chi connectivity index (χ3n) is 4.69. The number of nitrogens with one attached hydrogen (secondary N) is 2. The molecular weight excluding hydrogens is 465 g/mol. The molecular formula is C21H32IN5O. The molecule has 154 valence electrons. The van der Waals surface area contributed by atoms with Crippen molar-refractivity contribution < 1.29 is 4.74 Å². The van der Waals surface area contributed by atoms with E-state index in [-0.39, 0.29) is 35.6 Å². The molecule has 0 spiro atoms. The number of rotatable bonds is 5. The van der Waals surface area contributed by atoms with Gasteiger partial charge in [-0.3, -0.25) is 4.99 Å². The molecule has 0 saturated carbocycles. The van der Waals surface area contributed by atoms with E-state index in [1.165, 1.54) is 5.56 Å². The van der Waals surface area contributed by atoms with Crippen molar-refractivity contribution in [2.45, 2.75) is 58.8 Å². The summed E-state index contributed by atoms with van der Waals surface area (Å²) < 4.78 is 8.31. The van der Waals surface area contributed by atoms with Crippen LogP contribution in [0.2, 0.25) is 0 Å². The van der Waals surface area contributed by atoms with Crippen LogP contribution in [0.5, 0.6) is 5.75 Å². The topological polar surface area (TPSA) is 63.5 Å². The minimum Gasteiger partial charge on any atom is -0.487 e. The summed E-state index contributed by atoms with van der Waals surface area (Å²) in [6.07, 6.45) is 4.75. The molecule has 2 heterocycles. The summed E-state index contributed by atoms with van der Waals surface area (Å²) in [6.45, 7) is 10.3. The lowest BCUT2D eigenvalue weighted by Crippen LogP contribution is -2.45. The molecule has 2 aromatic rings. The van der Waals surface area contributed by atoms with Gasteiger partial charge in [-0.05, 0) is 25.8 Å². The maximum Gasteiger partial charge on any atom is 0.191 e. The van der Waals surface area contributed by atoms with Crippen LogP contribution in [0.1, 0.15) is 51.5 Å². The van der Waals surface area contributed by atoms with Crippen molar-refractivity contribution >= 4 is 29.9 Å². The zero-order chi connectivity index (χ0) is 19.4. The third kappa shape index (κ3) is 5.62. The molecule has 1 aliphatic rings. The van der Waals surface area contributed by atoms with E-state index >= 15 is 0 Å². The molecule has 0 amide bonds. The molecule has 3 rings (SSSR count). The summed E-state index contributed by atoms with van der Waals surface area (Å²) in [7, 11) is 1.80. The van der Waals surface area contributed by atoms with Gasteiger partial charge in [0.25, 0.3) is 0 Å². The van der Waals surface area contributed by atoms with Gasteiger partial charge in [-0.2, -0.15) is 0 Å². The summed E-state index contributed by atoms with van der Waals surface area (Å²) in [5.74, 6) is 3.30. The Morgan fingerprint density at radius 3 is 2.82 bits per heavy atom. The first-order chi connectivity index (χ1) is 12.9. The van der Waals surface area contributed by atoms with E-state index in [0.29, 0.717) is 12.5 Å². The van der Waals surface area contributed by atoms with Gasteiger partial charge in [-0.1, -0.05) is 32.0 Å². The first-order valence-electron chi connectivity index (χ1n) is 9.63. The highest BCUT2D eigenvalue weighted by molar-refractivity contribution is 14.0. The largest absolute Gasteiger partial charge is 0.487 e. The van der Waals surface area contributed by atoms with Crippen LogP contribution in [0.25, 0.3) is 0 Å². The maximum absolute atomic E-state index is 6.12. The number of hydrogen-bond acceptors (Lipinski definition) is 3. The standard InChI is InChI=1S/C21H31N5O.HI/c1-15(2)14-26-11-10-23-19(26)13-24-20(22-5)25-17-12-21(3,4)27-18-9-7-6-8-16(17)18;/h6-11,15,17H,12-14H2,1-5H3,(H2,22,24,25);1H. The minimum absolute atomic E-state index is 0. The molecule has 1 atom stereocenters. The second-order valence-corrected chi connectivity index (χ2v) is 8.12. The molecule has 2 N–H and O–H groups in total. The summed E-state index contributed by atoms with van der Waals surface area (Å²) in [5, 5.41) is 6.97. The average molecular weight is 497 g/mol. The van der Waals surface area contributed by atoms with E-state index in [1.54, 1.807) is 7.05 Å². The molecule has 0 saturated heterocycles. The van der Waals surface area contributed by atoms with Crippen LogP contribution in [-0.2, 0) is 13.1 Å². The molecule has 1 aliphatic heterocycles. The van der Waals surface area contributed by atoms with Crippen LogP contribution >= 0.6 is 24.0 Å². The van der Waals surface area contributed by atoms with Crippen LogP contribution in [0.3, 0.4) is 0 Å². The number of benzene rings is 1. The van der Waals surface area contributed by atoms with Gasteiger partial charge >= 0.3 is 0 Å². The van der Waals surface area contributed by atoms with Crippen molar-refractivity contribution in [3.8, 4) is 5.75 Å². The van der Waals surface area contributed by atoms with Crippen molar-refractivity contribution in [2.24, 2.45) is 10.9 Å². The van der Waals surface area contributed by atoms with E-state index in [4.69, 9.17) is 4.74 Å². The van der Waals surface area contributed by atoms with Crippen molar-refractivity contribution in [1.82, 2.24) is 20.2 Å². The lowest BCUT2D eigenvalue weighted by molar-refractivity contribution is 0.0694. The highest BCUT2D eigenvalue weighted by Crippen LogP contribution is 2.39. The summed E-state index contributed by atoms with van der Waals surface area (Å²) >= 11 is 0. The predicted molar refractivity (Wildman–Crippen MR) is 124 cm³/mol. The van der Waals surface area contributed by atoms with E-state index < -0.39 is 0 Å². The summed E-state index contributed by atoms with van der Waals surface area (Å²) in [4.78, 5) is 8.89. The zero-order valence-corrected chi connectivity index (χ0v) is 19.7. The van der Waals surface area contributed by atoms with Crippen LogP contribution in [0, 0.1) is 5.92 Å². The highest BCUT2D eigenvalue weighted by Gasteiger charge is 2.33. The summed E-state index contributed by atoms with van der Waals surface area (Å²) in [5.41, 5.74) is 0.944. The number of fused-ring (bicyclic) bond motifs is 1. The van der Waals surface area contributed by atoms with Crippen molar-refractivity contribution in [2.75, 3.05) is 7.05 Å². The SMILES string of the molecule is CN=C(NCc1nccn1CC(C)C)NC1CC(C)(C)Oc2ccccc21.I. The van der Waals surface area contributed by atoms with Crippen molar-refractivity contribution in [1.29, 1.82) is 0 Å². The number of ether oxygens (including phenoxy) is 1. The van der Waals surface area contributed by atoms with Gasteiger partial charge in [0.05, 0.1) is 12.6 Å². The molecule has 0 bridgehead atoms. The number of halogens is 1. The minimum atomic E-state index is -0.224. The quantitative estimate of drug-likeness (QED) is 0.371. The Labute approximate surface area is 185 Å². The normalized spacial score (nSPS) is 18.1. The van der Waals surface area contributed by atoms with Gasteiger partial charge in [0, 0.05) is 38.0 Å². The number of nitrogens with zero attached hydrogens (tertiary/aromatic N) is 3. The van der Waals surface area contributed by atoms with Crippen molar-refractivity contribution in [3.05, 3.63) is 48.0 Å². The number of para-hydroxylation sites is 1. The molecule has 1 unspecified atom stereocenters. The lowest BCUT2D eigenvalue weighted by atomic mass is 9.90. The Balaban J connectivity index is 0.00000280. The Bertz CT molecular complexity index is 800. The summed E-state index contributed by atoms with van der Waals surface area (Å²) in [6, 6.07) is 8.35. The Kier molecular flexibility index (Phi) is 7.74. The van der Waals surface area contributed by atoms with Crippen LogP contribution < -0.4 is 15.4 Å². The van der Waals surface area contributed by atoms with Gasteiger partial charge in [-0.15, -0.1) is 24.0 Å². The van der Waals surface area contributed by atoms with Crippen LogP contribution in [0.15, 0.2) is 41.7 Å². The molecule has 1 aromatic carbocycles. The Morgan fingerprint density at radius 1 is 1.36 bits per heavy atom. The second kappa shape index (κ2) is 9.62. The van der Waals surface area contributed by atoms with Gasteiger partial charge in [-0.25, -0.2) is 4.98 Å². The van der Waals surface area contributed by atoms with Crippen LogP contribution in [-0.4, -0.2) is 28.2 Å². The van der Waals surface area contributed by atoms with Crippen LogP contribution in [0.4, 0.5) is 0 Å². The average Bonchev–Trinajstić information content (AvgIpc) is 3.03. The molecule has 0 radical (unpaired) electrons. The zero-order valence-electron chi connectivity index (χ0n) is 17.4. The number of aliphatic imine (C=N–C) groups is 1. The lowest BCUT2D eigenvalue weighted by Gasteiger charge is -2.38. The highest BCUT2D eigenvalue weighted by atomic mass is 127. The molecule has 6 nitrogen and oxygen atoms in total. The first kappa shape index (κ1) is 22.5. The van der Waals surface area contributed by atoms with Gasteiger partial charge in [0.15, 0.2) is 5.96 Å². The third-order valence-corrected chi connectivity index (χ3v) is 4.69. The number of hydrogen-bond donors (Lipinski definition) is 2. The van der Waals surface area contributed by atoms with Gasteiger partial charge in [0.1, 0.15) is 17.2 Å². The fourth-order valence-corrected chi connectivity index (χ4v) is 3.52. The molecule has 7 heteroatoms. The maximum atomic E-state index is 6.12. The van der Waals surface area contributed by atoms with E-state index in [9.17, 15) is 0 Å². The fourth-order valence-electron chi connectivity index (χ4n) is 3.52.